The molecule has 1 N–H and O–H groups in total. The zero-order valence-corrected chi connectivity index (χ0v) is 10.5. The van der Waals surface area contributed by atoms with E-state index in [1.807, 2.05) is 0 Å². The maximum absolute atomic E-state index is 10.8. The number of aliphatic carboxylic acids is 1. The van der Waals surface area contributed by atoms with E-state index >= 15 is 0 Å². The summed E-state index contributed by atoms with van der Waals surface area (Å²) in [6.07, 6.45) is 7.47. The van der Waals surface area contributed by atoms with Gasteiger partial charge in [-0.2, -0.15) is 0 Å². The van der Waals surface area contributed by atoms with Crippen LogP contribution in [-0.4, -0.2) is 23.8 Å². The number of hydrogen-bond donors (Lipinski definition) is 1. The van der Waals surface area contributed by atoms with Gasteiger partial charge in [-0.3, -0.25) is 0 Å². The van der Waals surface area contributed by atoms with Crippen molar-refractivity contribution in [1.82, 2.24) is 0 Å². The first kappa shape index (κ1) is 11.5. The fourth-order valence-corrected chi connectivity index (χ4v) is 4.84. The van der Waals surface area contributed by atoms with Crippen LogP contribution >= 0.6 is 0 Å². The predicted molar refractivity (Wildman–Crippen MR) is 63.7 cm³/mol. The molecule has 17 heavy (non-hydrogen) atoms. The van der Waals surface area contributed by atoms with Gasteiger partial charge < -0.3 is 9.84 Å². The lowest BCUT2D eigenvalue weighted by Crippen LogP contribution is -2.48. The summed E-state index contributed by atoms with van der Waals surface area (Å²) in [4.78, 5) is 10.8. The van der Waals surface area contributed by atoms with Gasteiger partial charge in [0.2, 0.25) is 0 Å². The summed E-state index contributed by atoms with van der Waals surface area (Å²) in [5, 5.41) is 8.87. The number of carboxylic acids is 1. The highest BCUT2D eigenvalue weighted by Crippen LogP contribution is 2.60. The molecule has 0 aromatic heterocycles. The van der Waals surface area contributed by atoms with Gasteiger partial charge in [0.25, 0.3) is 0 Å². The molecule has 96 valence electrons. The Bertz CT molecular complexity index is 288. The Morgan fingerprint density at radius 3 is 2.12 bits per heavy atom. The first-order valence-electron chi connectivity index (χ1n) is 6.91. The van der Waals surface area contributed by atoms with Gasteiger partial charge in [0.15, 0.2) is 6.10 Å². The standard InChI is InChI=1S/C14H22O3/c1-9(13(15)16)17-8-14-5-10-2-11(6-14)4-12(3-10)7-14/h9-12H,2-8H2,1H3,(H,15,16)/t9-,10?,11?,12?,14?/m1/s1. The van der Waals surface area contributed by atoms with Crippen molar-refractivity contribution < 1.29 is 14.6 Å². The van der Waals surface area contributed by atoms with Crippen molar-refractivity contribution in [3.05, 3.63) is 0 Å². The molecule has 3 heteroatoms. The Labute approximate surface area is 103 Å². The summed E-state index contributed by atoms with van der Waals surface area (Å²) < 4.78 is 5.59. The van der Waals surface area contributed by atoms with Crippen molar-refractivity contribution in [3.8, 4) is 0 Å². The number of rotatable bonds is 4. The highest BCUT2D eigenvalue weighted by Gasteiger charge is 2.51. The van der Waals surface area contributed by atoms with Gasteiger partial charge in [-0.05, 0) is 68.6 Å². The van der Waals surface area contributed by atoms with E-state index in [9.17, 15) is 4.79 Å². The fourth-order valence-electron chi connectivity index (χ4n) is 4.84. The normalized spacial score (nSPS) is 44.9. The molecule has 0 aliphatic heterocycles. The van der Waals surface area contributed by atoms with Crippen LogP contribution in [-0.2, 0) is 9.53 Å². The van der Waals surface area contributed by atoms with E-state index in [0.717, 1.165) is 17.8 Å². The van der Waals surface area contributed by atoms with E-state index in [-0.39, 0.29) is 0 Å². The molecule has 4 rings (SSSR count). The highest BCUT2D eigenvalue weighted by atomic mass is 16.5. The Balaban J connectivity index is 1.64. The lowest BCUT2D eigenvalue weighted by molar-refractivity contribution is -0.157. The van der Waals surface area contributed by atoms with Gasteiger partial charge in [-0.15, -0.1) is 0 Å². The van der Waals surface area contributed by atoms with Crippen molar-refractivity contribution >= 4 is 5.97 Å². The van der Waals surface area contributed by atoms with Gasteiger partial charge in [0, 0.05) is 0 Å². The first-order valence-corrected chi connectivity index (χ1v) is 6.91. The van der Waals surface area contributed by atoms with E-state index in [2.05, 4.69) is 0 Å². The second kappa shape index (κ2) is 3.98. The molecule has 0 aromatic carbocycles. The van der Waals surface area contributed by atoms with Gasteiger partial charge >= 0.3 is 5.97 Å². The van der Waals surface area contributed by atoms with Crippen molar-refractivity contribution in [2.45, 2.75) is 51.6 Å². The lowest BCUT2D eigenvalue weighted by atomic mass is 9.50. The maximum atomic E-state index is 10.8. The Morgan fingerprint density at radius 2 is 1.71 bits per heavy atom. The number of ether oxygens (including phenoxy) is 1. The van der Waals surface area contributed by atoms with Crippen LogP contribution in [0.3, 0.4) is 0 Å². The van der Waals surface area contributed by atoms with Gasteiger partial charge in [-0.1, -0.05) is 0 Å². The van der Waals surface area contributed by atoms with Gasteiger partial charge in [-0.25, -0.2) is 4.79 Å². The van der Waals surface area contributed by atoms with E-state index in [4.69, 9.17) is 9.84 Å². The quantitative estimate of drug-likeness (QED) is 0.819. The van der Waals surface area contributed by atoms with Crippen molar-refractivity contribution in [2.24, 2.45) is 23.2 Å². The van der Waals surface area contributed by atoms with Gasteiger partial charge in [0.05, 0.1) is 6.61 Å². The zero-order chi connectivity index (χ0) is 12.0. The van der Waals surface area contributed by atoms with E-state index in [1.54, 1.807) is 6.92 Å². The van der Waals surface area contributed by atoms with E-state index in [1.165, 1.54) is 38.5 Å². The maximum Gasteiger partial charge on any atom is 0.332 e. The topological polar surface area (TPSA) is 46.5 Å². The average Bonchev–Trinajstić information content (AvgIpc) is 2.24. The summed E-state index contributed by atoms with van der Waals surface area (Å²) in [6.45, 7) is 2.31. The second-order valence-corrected chi connectivity index (χ2v) is 6.71. The number of carboxylic acid groups (broad SMARTS) is 1. The highest BCUT2D eigenvalue weighted by molar-refractivity contribution is 5.71. The minimum Gasteiger partial charge on any atom is -0.479 e. The average molecular weight is 238 g/mol. The molecule has 4 fully saturated rings. The molecule has 4 aliphatic carbocycles. The molecule has 0 radical (unpaired) electrons. The first-order chi connectivity index (χ1) is 8.06. The Kier molecular flexibility index (Phi) is 2.69. The molecular formula is C14H22O3. The minimum atomic E-state index is -0.838. The summed E-state index contributed by atoms with van der Waals surface area (Å²) in [7, 11) is 0. The minimum absolute atomic E-state index is 0.332. The molecule has 4 saturated carbocycles. The molecule has 4 aliphatic rings. The summed E-state index contributed by atoms with van der Waals surface area (Å²) in [5.74, 6) is 1.88. The number of hydrogen-bond acceptors (Lipinski definition) is 2. The molecule has 0 saturated heterocycles. The zero-order valence-electron chi connectivity index (χ0n) is 10.5. The SMILES string of the molecule is C[C@@H](OCC12CC3CC(CC(C3)C1)C2)C(=O)O. The third-order valence-corrected chi connectivity index (χ3v) is 5.15. The van der Waals surface area contributed by atoms with Crippen LogP contribution in [0.2, 0.25) is 0 Å². The molecule has 0 aromatic rings. The monoisotopic (exact) mass is 238 g/mol. The fraction of sp³-hybridized carbons (Fsp3) is 0.929. The van der Waals surface area contributed by atoms with Crippen LogP contribution in [0.25, 0.3) is 0 Å². The van der Waals surface area contributed by atoms with Crippen molar-refractivity contribution in [1.29, 1.82) is 0 Å². The molecule has 0 spiro atoms. The van der Waals surface area contributed by atoms with Crippen LogP contribution in [0.1, 0.15) is 45.4 Å². The predicted octanol–water partition coefficient (Wildman–Crippen LogP) is 2.69. The largest absolute Gasteiger partial charge is 0.479 e. The van der Waals surface area contributed by atoms with Gasteiger partial charge in [0.1, 0.15) is 0 Å². The van der Waals surface area contributed by atoms with Crippen LogP contribution in [0.4, 0.5) is 0 Å². The van der Waals surface area contributed by atoms with Crippen LogP contribution in [0.5, 0.6) is 0 Å². The molecule has 1 atom stereocenters. The lowest BCUT2D eigenvalue weighted by Gasteiger charge is -2.56. The van der Waals surface area contributed by atoms with Crippen molar-refractivity contribution in [3.63, 3.8) is 0 Å². The molecule has 0 amide bonds. The smallest absolute Gasteiger partial charge is 0.332 e. The molecular weight excluding hydrogens is 216 g/mol. The molecule has 4 bridgehead atoms. The third kappa shape index (κ3) is 2.10. The van der Waals surface area contributed by atoms with Crippen LogP contribution < -0.4 is 0 Å². The van der Waals surface area contributed by atoms with Crippen LogP contribution in [0, 0.1) is 23.2 Å². The molecule has 3 nitrogen and oxygen atoms in total. The number of carbonyl (C=O) groups is 1. The van der Waals surface area contributed by atoms with Crippen molar-refractivity contribution in [2.75, 3.05) is 6.61 Å². The Morgan fingerprint density at radius 1 is 1.24 bits per heavy atom. The summed E-state index contributed by atoms with van der Waals surface area (Å²) >= 11 is 0. The van der Waals surface area contributed by atoms with Crippen LogP contribution in [0.15, 0.2) is 0 Å². The van der Waals surface area contributed by atoms with E-state index < -0.39 is 12.1 Å². The molecule has 0 heterocycles. The third-order valence-electron chi connectivity index (χ3n) is 5.15. The summed E-state index contributed by atoms with van der Waals surface area (Å²) in [5.41, 5.74) is 0.332. The second-order valence-electron chi connectivity index (χ2n) is 6.71. The Hall–Kier alpha value is -0.570. The van der Waals surface area contributed by atoms with E-state index in [0.29, 0.717) is 12.0 Å². The summed E-state index contributed by atoms with van der Waals surface area (Å²) in [6, 6.07) is 0. The molecule has 0 unspecified atom stereocenters.